The summed E-state index contributed by atoms with van der Waals surface area (Å²) in [6, 6.07) is 0.858. The van der Waals surface area contributed by atoms with Gasteiger partial charge in [-0.3, -0.25) is 4.79 Å². The number of rotatable bonds is 7. The summed E-state index contributed by atoms with van der Waals surface area (Å²) in [7, 11) is 2.39. The third-order valence-corrected chi connectivity index (χ3v) is 2.84. The molecule has 0 saturated carbocycles. The maximum Gasteiger partial charge on any atom is 0.408 e. The van der Waals surface area contributed by atoms with Crippen LogP contribution in [0.3, 0.4) is 0 Å². The Morgan fingerprint density at radius 2 is 1.70 bits per heavy atom. The molecule has 1 N–H and O–H groups in total. The minimum atomic E-state index is -1.07. The van der Waals surface area contributed by atoms with Crippen LogP contribution in [0, 0.1) is 17.2 Å². The topological polar surface area (TPSA) is 115 Å². The second-order valence-electron chi connectivity index (χ2n) is 5.87. The van der Waals surface area contributed by atoms with Crippen LogP contribution in [0.25, 0.3) is 0 Å². The van der Waals surface area contributed by atoms with Crippen LogP contribution < -0.4 is 5.32 Å². The fourth-order valence-corrected chi connectivity index (χ4v) is 1.83. The first kappa shape index (κ1) is 20.7. The minimum Gasteiger partial charge on any atom is -0.469 e. The molecule has 8 nitrogen and oxygen atoms in total. The fraction of sp³-hybridized carbons (Fsp3) is 0.733. The minimum absolute atomic E-state index is 0.0414. The highest BCUT2D eigenvalue weighted by molar-refractivity contribution is 5.82. The van der Waals surface area contributed by atoms with Crippen LogP contribution in [0.5, 0.6) is 0 Å². The quantitative estimate of drug-likeness (QED) is 0.556. The summed E-state index contributed by atoms with van der Waals surface area (Å²) in [5, 5.41) is 11.0. The summed E-state index contributed by atoms with van der Waals surface area (Å²) < 4.78 is 14.4. The van der Waals surface area contributed by atoms with Gasteiger partial charge in [-0.25, -0.2) is 9.59 Å². The molecule has 0 aromatic carbocycles. The number of amides is 1. The summed E-state index contributed by atoms with van der Waals surface area (Å²) in [6.07, 6.45) is -0.496. The predicted molar refractivity (Wildman–Crippen MR) is 80.1 cm³/mol. The van der Waals surface area contributed by atoms with E-state index in [-0.39, 0.29) is 19.3 Å². The Morgan fingerprint density at radius 1 is 1.13 bits per heavy atom. The Bertz CT molecular complexity index is 464. The van der Waals surface area contributed by atoms with E-state index in [0.717, 1.165) is 0 Å². The Morgan fingerprint density at radius 3 is 2.13 bits per heavy atom. The number of hydrogen-bond donors (Lipinski definition) is 1. The molecule has 2 atom stereocenters. The standard InChI is InChI=1S/C15H24N2O6/c1-15(2,3)23-14(20)17-11(13(19)22-5)9-10(7-6-8-16)12(18)21-4/h10-11H,6-7,9H2,1-5H3,(H,17,20)/t10-,11+/m1/s1. The van der Waals surface area contributed by atoms with Crippen molar-refractivity contribution < 1.29 is 28.6 Å². The van der Waals surface area contributed by atoms with E-state index in [1.807, 2.05) is 6.07 Å². The largest absolute Gasteiger partial charge is 0.469 e. The molecule has 0 bridgehead atoms. The molecule has 0 saturated heterocycles. The first-order chi connectivity index (χ1) is 10.6. The van der Waals surface area contributed by atoms with E-state index in [4.69, 9.17) is 10.00 Å². The lowest BCUT2D eigenvalue weighted by Crippen LogP contribution is -2.45. The van der Waals surface area contributed by atoms with Gasteiger partial charge in [0, 0.05) is 6.42 Å². The van der Waals surface area contributed by atoms with Crippen molar-refractivity contribution in [3.63, 3.8) is 0 Å². The van der Waals surface area contributed by atoms with Gasteiger partial charge >= 0.3 is 18.0 Å². The Kier molecular flexibility index (Phi) is 8.70. The van der Waals surface area contributed by atoms with Crippen LogP contribution in [0.1, 0.15) is 40.0 Å². The molecule has 130 valence electrons. The number of nitriles is 1. The van der Waals surface area contributed by atoms with Crippen LogP contribution in [-0.4, -0.2) is 43.9 Å². The van der Waals surface area contributed by atoms with Gasteiger partial charge < -0.3 is 19.5 Å². The van der Waals surface area contributed by atoms with Crippen molar-refractivity contribution in [2.24, 2.45) is 5.92 Å². The molecule has 1 amide bonds. The Hall–Kier alpha value is -2.30. The van der Waals surface area contributed by atoms with Gasteiger partial charge in [0.25, 0.3) is 0 Å². The van der Waals surface area contributed by atoms with E-state index in [1.54, 1.807) is 20.8 Å². The van der Waals surface area contributed by atoms with Crippen LogP contribution in [0.2, 0.25) is 0 Å². The second kappa shape index (κ2) is 9.66. The molecule has 0 fully saturated rings. The highest BCUT2D eigenvalue weighted by atomic mass is 16.6. The van der Waals surface area contributed by atoms with Gasteiger partial charge in [-0.05, 0) is 33.6 Å². The number of methoxy groups -OCH3 is 2. The maximum atomic E-state index is 11.8. The molecule has 0 aliphatic rings. The molecule has 0 aliphatic carbocycles. The molecular weight excluding hydrogens is 304 g/mol. The van der Waals surface area contributed by atoms with E-state index in [2.05, 4.69) is 14.8 Å². The summed E-state index contributed by atoms with van der Waals surface area (Å²) in [6.45, 7) is 5.05. The second-order valence-corrected chi connectivity index (χ2v) is 5.87. The molecule has 0 unspecified atom stereocenters. The number of esters is 2. The van der Waals surface area contributed by atoms with Crippen LogP contribution in [0.4, 0.5) is 4.79 Å². The van der Waals surface area contributed by atoms with Gasteiger partial charge in [0.05, 0.1) is 26.2 Å². The summed E-state index contributed by atoms with van der Waals surface area (Å²) in [5.74, 6) is -1.97. The molecule has 0 spiro atoms. The van der Waals surface area contributed by atoms with Crippen molar-refractivity contribution >= 4 is 18.0 Å². The average Bonchev–Trinajstić information content (AvgIpc) is 2.46. The Labute approximate surface area is 136 Å². The van der Waals surface area contributed by atoms with Gasteiger partial charge in [-0.1, -0.05) is 0 Å². The lowest BCUT2D eigenvalue weighted by molar-refractivity contribution is -0.148. The normalized spacial score (nSPS) is 13.2. The number of hydrogen-bond acceptors (Lipinski definition) is 7. The Balaban J connectivity index is 5.00. The molecule has 8 heteroatoms. The zero-order valence-corrected chi connectivity index (χ0v) is 14.2. The molecular formula is C15H24N2O6. The van der Waals surface area contributed by atoms with Crippen molar-refractivity contribution in [3.05, 3.63) is 0 Å². The zero-order valence-electron chi connectivity index (χ0n) is 14.2. The van der Waals surface area contributed by atoms with E-state index in [0.29, 0.717) is 0 Å². The molecule has 23 heavy (non-hydrogen) atoms. The van der Waals surface area contributed by atoms with Gasteiger partial charge in [0.15, 0.2) is 0 Å². The number of alkyl carbamates (subject to hydrolysis) is 1. The predicted octanol–water partition coefficient (Wildman–Crippen LogP) is 1.54. The smallest absolute Gasteiger partial charge is 0.408 e. The summed E-state index contributed by atoms with van der Waals surface area (Å²) in [4.78, 5) is 35.4. The highest BCUT2D eigenvalue weighted by Crippen LogP contribution is 2.17. The summed E-state index contributed by atoms with van der Waals surface area (Å²) in [5.41, 5.74) is -0.729. The number of nitrogens with one attached hydrogen (secondary N) is 1. The van der Waals surface area contributed by atoms with E-state index < -0.39 is 35.6 Å². The average molecular weight is 328 g/mol. The van der Waals surface area contributed by atoms with Crippen molar-refractivity contribution in [1.29, 1.82) is 5.26 Å². The van der Waals surface area contributed by atoms with E-state index in [9.17, 15) is 14.4 Å². The van der Waals surface area contributed by atoms with Crippen molar-refractivity contribution in [1.82, 2.24) is 5.32 Å². The first-order valence-electron chi connectivity index (χ1n) is 7.16. The van der Waals surface area contributed by atoms with Crippen molar-refractivity contribution in [2.45, 2.75) is 51.7 Å². The van der Waals surface area contributed by atoms with E-state index in [1.165, 1.54) is 14.2 Å². The van der Waals surface area contributed by atoms with Gasteiger partial charge in [-0.2, -0.15) is 5.26 Å². The molecule has 0 aromatic heterocycles. The van der Waals surface area contributed by atoms with Gasteiger partial charge in [-0.15, -0.1) is 0 Å². The maximum absolute atomic E-state index is 11.8. The SMILES string of the molecule is COC(=O)[C@H](CCC#N)C[C@H](NC(=O)OC(C)(C)C)C(=O)OC. The van der Waals surface area contributed by atoms with Gasteiger partial charge in [0.2, 0.25) is 0 Å². The van der Waals surface area contributed by atoms with Crippen molar-refractivity contribution in [3.8, 4) is 6.07 Å². The third kappa shape index (κ3) is 8.66. The van der Waals surface area contributed by atoms with Crippen LogP contribution in [0.15, 0.2) is 0 Å². The lowest BCUT2D eigenvalue weighted by atomic mass is 9.95. The molecule has 0 aromatic rings. The van der Waals surface area contributed by atoms with Gasteiger partial charge in [0.1, 0.15) is 11.6 Å². The van der Waals surface area contributed by atoms with Crippen molar-refractivity contribution in [2.75, 3.05) is 14.2 Å². The number of carbonyl (C=O) groups is 3. The number of carbonyl (C=O) groups excluding carboxylic acids is 3. The fourth-order valence-electron chi connectivity index (χ4n) is 1.83. The number of nitrogens with zero attached hydrogens (tertiary/aromatic N) is 1. The van der Waals surface area contributed by atoms with Crippen LogP contribution >= 0.6 is 0 Å². The first-order valence-corrected chi connectivity index (χ1v) is 7.16. The van der Waals surface area contributed by atoms with Crippen LogP contribution in [-0.2, 0) is 23.8 Å². The third-order valence-electron chi connectivity index (χ3n) is 2.84. The highest BCUT2D eigenvalue weighted by Gasteiger charge is 2.31. The monoisotopic (exact) mass is 328 g/mol. The summed E-state index contributed by atoms with van der Waals surface area (Å²) >= 11 is 0. The molecule has 0 heterocycles. The molecule has 0 rings (SSSR count). The lowest BCUT2D eigenvalue weighted by Gasteiger charge is -2.24. The number of ether oxygens (including phenoxy) is 3. The molecule has 0 aliphatic heterocycles. The zero-order chi connectivity index (χ0) is 18.0. The van der Waals surface area contributed by atoms with E-state index >= 15 is 0 Å². The molecule has 0 radical (unpaired) electrons.